The number of ketones is 1. The van der Waals surface area contributed by atoms with E-state index in [-0.39, 0.29) is 5.78 Å². The lowest BCUT2D eigenvalue weighted by atomic mass is 10.1. The highest BCUT2D eigenvalue weighted by molar-refractivity contribution is 9.10. The van der Waals surface area contributed by atoms with E-state index in [2.05, 4.69) is 21.0 Å². The van der Waals surface area contributed by atoms with Crippen LogP contribution in [-0.2, 0) is 0 Å². The molecule has 1 aromatic heterocycles. The smallest absolute Gasteiger partial charge is 0.165 e. The van der Waals surface area contributed by atoms with E-state index >= 15 is 0 Å². The van der Waals surface area contributed by atoms with Crippen molar-refractivity contribution in [2.24, 2.45) is 0 Å². The van der Waals surface area contributed by atoms with Crippen molar-refractivity contribution in [1.82, 2.24) is 9.78 Å². The van der Waals surface area contributed by atoms with Crippen LogP contribution < -0.4 is 4.74 Å². The zero-order valence-electron chi connectivity index (χ0n) is 9.48. The minimum absolute atomic E-state index is 0.0518. The van der Waals surface area contributed by atoms with Gasteiger partial charge in [-0.25, -0.2) is 4.68 Å². The molecule has 0 aliphatic rings. The van der Waals surface area contributed by atoms with E-state index < -0.39 is 0 Å². The highest BCUT2D eigenvalue weighted by Crippen LogP contribution is 2.26. The van der Waals surface area contributed by atoms with Gasteiger partial charge in [-0.3, -0.25) is 4.79 Å². The molecule has 0 saturated heterocycles. The van der Waals surface area contributed by atoms with Gasteiger partial charge in [-0.2, -0.15) is 5.10 Å². The molecule has 0 atom stereocenters. The Bertz CT molecular complexity index is 563. The maximum atomic E-state index is 11.7. The summed E-state index contributed by atoms with van der Waals surface area (Å²) in [6.45, 7) is 1.51. The molecule has 0 aliphatic heterocycles. The fourth-order valence-corrected chi connectivity index (χ4v) is 1.95. The molecule has 0 radical (unpaired) electrons. The Morgan fingerprint density at radius 1 is 1.47 bits per heavy atom. The molecule has 0 aliphatic carbocycles. The maximum Gasteiger partial charge on any atom is 0.165 e. The van der Waals surface area contributed by atoms with Gasteiger partial charge >= 0.3 is 0 Å². The minimum atomic E-state index is -0.0518. The summed E-state index contributed by atoms with van der Waals surface area (Å²) in [5.74, 6) is 0.505. The molecule has 88 valence electrons. The summed E-state index contributed by atoms with van der Waals surface area (Å²) in [5, 5.41) is 4.17. The van der Waals surface area contributed by atoms with Crippen LogP contribution in [0.3, 0.4) is 0 Å². The second-order valence-electron chi connectivity index (χ2n) is 3.51. The average molecular weight is 295 g/mol. The van der Waals surface area contributed by atoms with Gasteiger partial charge in [0.25, 0.3) is 0 Å². The summed E-state index contributed by atoms with van der Waals surface area (Å²) in [7, 11) is 1.55. The molecular formula is C12H11BrN2O2. The number of rotatable bonds is 3. The SMILES string of the molecule is COc1cccc(-n2cc(Br)cn2)c1C(C)=O. The van der Waals surface area contributed by atoms with Gasteiger partial charge in [0.05, 0.1) is 29.0 Å². The number of carbonyl (C=O) groups excluding carboxylic acids is 1. The van der Waals surface area contributed by atoms with E-state index in [1.54, 1.807) is 30.3 Å². The van der Waals surface area contributed by atoms with Crippen molar-refractivity contribution in [1.29, 1.82) is 0 Å². The molecule has 17 heavy (non-hydrogen) atoms. The second-order valence-corrected chi connectivity index (χ2v) is 4.43. The molecule has 0 amide bonds. The minimum Gasteiger partial charge on any atom is -0.496 e. The summed E-state index contributed by atoms with van der Waals surface area (Å²) in [6, 6.07) is 5.42. The third-order valence-corrected chi connectivity index (χ3v) is 2.78. The first-order valence-electron chi connectivity index (χ1n) is 5.02. The fraction of sp³-hybridized carbons (Fsp3) is 0.167. The number of carbonyl (C=O) groups is 1. The number of ether oxygens (including phenoxy) is 1. The van der Waals surface area contributed by atoms with Crippen molar-refractivity contribution in [2.45, 2.75) is 6.92 Å². The third-order valence-electron chi connectivity index (χ3n) is 2.37. The zero-order chi connectivity index (χ0) is 12.4. The van der Waals surface area contributed by atoms with Crippen molar-refractivity contribution in [3.05, 3.63) is 40.6 Å². The van der Waals surface area contributed by atoms with Crippen LogP contribution in [0.15, 0.2) is 35.1 Å². The Morgan fingerprint density at radius 2 is 2.24 bits per heavy atom. The van der Waals surface area contributed by atoms with Crippen LogP contribution in [0.5, 0.6) is 5.75 Å². The number of hydrogen-bond donors (Lipinski definition) is 0. The van der Waals surface area contributed by atoms with Crippen LogP contribution in [0, 0.1) is 0 Å². The fourth-order valence-electron chi connectivity index (χ4n) is 1.67. The molecule has 0 N–H and O–H groups in total. The quantitative estimate of drug-likeness (QED) is 0.818. The second kappa shape index (κ2) is 4.71. The molecular weight excluding hydrogens is 284 g/mol. The van der Waals surface area contributed by atoms with E-state index in [0.29, 0.717) is 17.0 Å². The number of halogens is 1. The van der Waals surface area contributed by atoms with Gasteiger partial charge in [-0.05, 0) is 35.0 Å². The van der Waals surface area contributed by atoms with E-state index in [1.165, 1.54) is 6.92 Å². The number of nitrogens with zero attached hydrogens (tertiary/aromatic N) is 2. The molecule has 0 spiro atoms. The lowest BCUT2D eigenvalue weighted by Gasteiger charge is -2.11. The Morgan fingerprint density at radius 3 is 2.76 bits per heavy atom. The highest BCUT2D eigenvalue weighted by atomic mass is 79.9. The topological polar surface area (TPSA) is 44.1 Å². The van der Waals surface area contributed by atoms with Gasteiger partial charge in [0.15, 0.2) is 5.78 Å². The first kappa shape index (κ1) is 11.9. The van der Waals surface area contributed by atoms with Crippen LogP contribution >= 0.6 is 15.9 Å². The Labute approximate surface area is 107 Å². The summed E-state index contributed by atoms with van der Waals surface area (Å²) < 4.78 is 7.70. The van der Waals surface area contributed by atoms with E-state index in [4.69, 9.17) is 4.74 Å². The number of hydrogen-bond acceptors (Lipinski definition) is 3. The molecule has 1 aromatic carbocycles. The Balaban J connectivity index is 2.65. The van der Waals surface area contributed by atoms with Crippen LogP contribution in [0.4, 0.5) is 0 Å². The summed E-state index contributed by atoms with van der Waals surface area (Å²) in [5.41, 5.74) is 1.24. The molecule has 0 saturated carbocycles. The predicted molar refractivity (Wildman–Crippen MR) is 67.8 cm³/mol. The average Bonchev–Trinajstić information content (AvgIpc) is 2.74. The van der Waals surface area contributed by atoms with Crippen molar-refractivity contribution < 1.29 is 9.53 Å². The lowest BCUT2D eigenvalue weighted by molar-refractivity contribution is 0.101. The molecule has 5 heteroatoms. The van der Waals surface area contributed by atoms with Crippen molar-refractivity contribution >= 4 is 21.7 Å². The first-order chi connectivity index (χ1) is 8.13. The lowest BCUT2D eigenvalue weighted by Crippen LogP contribution is -2.06. The Kier molecular flexibility index (Phi) is 3.28. The Hall–Kier alpha value is -1.62. The number of methoxy groups -OCH3 is 1. The van der Waals surface area contributed by atoms with Gasteiger partial charge in [-0.15, -0.1) is 0 Å². The summed E-state index contributed by atoms with van der Waals surface area (Å²) >= 11 is 3.33. The normalized spacial score (nSPS) is 10.3. The molecule has 2 aromatic rings. The number of aromatic nitrogens is 2. The highest BCUT2D eigenvalue weighted by Gasteiger charge is 2.15. The van der Waals surface area contributed by atoms with Gasteiger partial charge in [0.2, 0.25) is 0 Å². The summed E-state index contributed by atoms with van der Waals surface area (Å²) in [4.78, 5) is 11.7. The van der Waals surface area contributed by atoms with Crippen LogP contribution in [-0.4, -0.2) is 22.7 Å². The van der Waals surface area contributed by atoms with Crippen LogP contribution in [0.25, 0.3) is 5.69 Å². The van der Waals surface area contributed by atoms with Gasteiger partial charge < -0.3 is 4.74 Å². The molecule has 2 rings (SSSR count). The van der Waals surface area contributed by atoms with E-state index in [0.717, 1.165) is 4.47 Å². The number of Topliss-reactive ketones (excluding diaryl/α,β-unsaturated/α-hetero) is 1. The molecule has 0 bridgehead atoms. The standard InChI is InChI=1S/C12H11BrN2O2/c1-8(16)12-10(4-3-5-11(12)17-2)15-7-9(13)6-14-15/h3-7H,1-2H3. The van der Waals surface area contributed by atoms with Crippen LogP contribution in [0.2, 0.25) is 0 Å². The molecule has 4 nitrogen and oxygen atoms in total. The molecule has 0 fully saturated rings. The van der Waals surface area contributed by atoms with Crippen molar-refractivity contribution in [3.63, 3.8) is 0 Å². The largest absolute Gasteiger partial charge is 0.496 e. The van der Waals surface area contributed by atoms with Crippen molar-refractivity contribution in [3.8, 4) is 11.4 Å². The maximum absolute atomic E-state index is 11.7. The van der Waals surface area contributed by atoms with Gasteiger partial charge in [0, 0.05) is 6.20 Å². The predicted octanol–water partition coefficient (Wildman–Crippen LogP) is 2.85. The monoisotopic (exact) mass is 294 g/mol. The summed E-state index contributed by atoms with van der Waals surface area (Å²) in [6.07, 6.45) is 3.46. The van der Waals surface area contributed by atoms with Crippen LogP contribution in [0.1, 0.15) is 17.3 Å². The van der Waals surface area contributed by atoms with Gasteiger partial charge in [0.1, 0.15) is 5.75 Å². The molecule has 0 unspecified atom stereocenters. The molecule has 1 heterocycles. The first-order valence-corrected chi connectivity index (χ1v) is 5.81. The third kappa shape index (κ3) is 2.24. The zero-order valence-corrected chi connectivity index (χ0v) is 11.1. The van der Waals surface area contributed by atoms with Gasteiger partial charge in [-0.1, -0.05) is 6.07 Å². The van der Waals surface area contributed by atoms with Crippen molar-refractivity contribution in [2.75, 3.05) is 7.11 Å². The van der Waals surface area contributed by atoms with E-state index in [1.807, 2.05) is 12.1 Å². The number of benzene rings is 1. The van der Waals surface area contributed by atoms with E-state index in [9.17, 15) is 4.79 Å².